The monoisotopic (exact) mass is 271 g/mol. The maximum absolute atomic E-state index is 10.7. The van der Waals surface area contributed by atoms with Crippen molar-refractivity contribution in [1.29, 1.82) is 0 Å². The number of nitrogens with one attached hydrogen (secondary N) is 1. The summed E-state index contributed by atoms with van der Waals surface area (Å²) in [4.78, 5) is 13.1. The third-order valence-corrected chi connectivity index (χ3v) is 4.16. The van der Waals surface area contributed by atoms with Gasteiger partial charge < -0.3 is 10.4 Å². The van der Waals surface area contributed by atoms with Gasteiger partial charge in [0.1, 0.15) is 0 Å². The molecule has 0 bridgehead atoms. The van der Waals surface area contributed by atoms with E-state index in [1.165, 1.54) is 10.5 Å². The van der Waals surface area contributed by atoms with Crippen LogP contribution in [-0.4, -0.2) is 11.1 Å². The van der Waals surface area contributed by atoms with Crippen molar-refractivity contribution >= 4 is 29.1 Å². The Balaban J connectivity index is 1.95. The van der Waals surface area contributed by atoms with Crippen molar-refractivity contribution in [2.24, 2.45) is 0 Å². The fourth-order valence-corrected chi connectivity index (χ4v) is 3.20. The van der Waals surface area contributed by atoms with Gasteiger partial charge in [0.2, 0.25) is 0 Å². The van der Waals surface area contributed by atoms with Gasteiger partial charge in [0.25, 0.3) is 0 Å². The summed E-state index contributed by atoms with van der Waals surface area (Å²) in [5.41, 5.74) is 4.12. The molecule has 1 aliphatic rings. The van der Waals surface area contributed by atoms with Crippen molar-refractivity contribution in [3.63, 3.8) is 0 Å². The zero-order chi connectivity index (χ0) is 13.4. The molecular formula is C15H13NO2S. The maximum atomic E-state index is 10.7. The molecule has 4 heteroatoms. The van der Waals surface area contributed by atoms with E-state index < -0.39 is 5.97 Å². The van der Waals surface area contributed by atoms with Gasteiger partial charge in [-0.1, -0.05) is 23.9 Å². The number of aliphatic carboxylic acids is 1. The van der Waals surface area contributed by atoms with Crippen molar-refractivity contribution < 1.29 is 9.90 Å². The van der Waals surface area contributed by atoms with Gasteiger partial charge in [0.15, 0.2) is 0 Å². The molecule has 0 saturated heterocycles. The lowest BCUT2D eigenvalue weighted by Gasteiger charge is -2.21. The van der Waals surface area contributed by atoms with E-state index in [1.807, 2.05) is 18.2 Å². The Labute approximate surface area is 115 Å². The lowest BCUT2D eigenvalue weighted by molar-refractivity contribution is -0.136. The van der Waals surface area contributed by atoms with Crippen LogP contribution in [0.5, 0.6) is 0 Å². The number of carbonyl (C=O) groups is 1. The molecule has 1 aliphatic heterocycles. The predicted octanol–water partition coefficient (Wildman–Crippen LogP) is 3.83. The van der Waals surface area contributed by atoms with Crippen LogP contribution in [0.1, 0.15) is 11.1 Å². The summed E-state index contributed by atoms with van der Waals surface area (Å²) < 4.78 is 0. The van der Waals surface area contributed by atoms with E-state index in [4.69, 9.17) is 5.11 Å². The highest BCUT2D eigenvalue weighted by molar-refractivity contribution is 7.99. The lowest BCUT2D eigenvalue weighted by atomic mass is 10.1. The van der Waals surface area contributed by atoms with Crippen LogP contribution in [0, 0.1) is 6.92 Å². The fraction of sp³-hybridized carbons (Fsp3) is 0.133. The van der Waals surface area contributed by atoms with Crippen molar-refractivity contribution in [3.8, 4) is 0 Å². The van der Waals surface area contributed by atoms with Gasteiger partial charge in [0.05, 0.1) is 17.8 Å². The minimum atomic E-state index is -0.806. The average Bonchev–Trinajstić information content (AvgIpc) is 2.35. The van der Waals surface area contributed by atoms with Crippen LogP contribution < -0.4 is 5.32 Å². The first-order chi connectivity index (χ1) is 9.11. The zero-order valence-corrected chi connectivity index (χ0v) is 11.3. The predicted molar refractivity (Wildman–Crippen MR) is 76.4 cm³/mol. The number of benzene rings is 2. The normalized spacial score (nSPS) is 12.3. The second-order valence-corrected chi connectivity index (χ2v) is 5.71. The summed E-state index contributed by atoms with van der Waals surface area (Å²) in [5, 5.41) is 12.2. The van der Waals surface area contributed by atoms with Crippen LogP contribution in [0.25, 0.3) is 0 Å². The average molecular weight is 271 g/mol. The molecule has 2 N–H and O–H groups in total. The van der Waals surface area contributed by atoms with Gasteiger partial charge in [-0.15, -0.1) is 0 Å². The summed E-state index contributed by atoms with van der Waals surface area (Å²) in [6.45, 7) is 2.08. The van der Waals surface area contributed by atoms with Crippen molar-refractivity contribution in [1.82, 2.24) is 0 Å². The number of rotatable bonds is 2. The summed E-state index contributed by atoms with van der Waals surface area (Å²) in [6.07, 6.45) is 0.0559. The highest BCUT2D eigenvalue weighted by atomic mass is 32.2. The van der Waals surface area contributed by atoms with Gasteiger partial charge in [-0.3, -0.25) is 4.79 Å². The second-order valence-electron chi connectivity index (χ2n) is 4.63. The largest absolute Gasteiger partial charge is 0.481 e. The molecule has 0 radical (unpaired) electrons. The lowest BCUT2D eigenvalue weighted by Crippen LogP contribution is -2.04. The van der Waals surface area contributed by atoms with E-state index in [-0.39, 0.29) is 6.42 Å². The van der Waals surface area contributed by atoms with Crippen LogP contribution in [-0.2, 0) is 11.2 Å². The molecule has 19 heavy (non-hydrogen) atoms. The molecule has 0 saturated carbocycles. The highest BCUT2D eigenvalue weighted by Gasteiger charge is 2.16. The van der Waals surface area contributed by atoms with Gasteiger partial charge in [0, 0.05) is 9.79 Å². The van der Waals surface area contributed by atoms with Crippen molar-refractivity contribution in [2.75, 3.05) is 5.32 Å². The number of carboxylic acids is 1. The number of fused-ring (bicyclic) bond motifs is 2. The second kappa shape index (κ2) is 4.63. The summed E-state index contributed by atoms with van der Waals surface area (Å²) >= 11 is 1.71. The van der Waals surface area contributed by atoms with Gasteiger partial charge in [-0.25, -0.2) is 0 Å². The zero-order valence-electron chi connectivity index (χ0n) is 10.4. The molecule has 0 aromatic heterocycles. The van der Waals surface area contributed by atoms with E-state index in [0.717, 1.165) is 21.8 Å². The molecule has 0 atom stereocenters. The number of hydrogen-bond acceptors (Lipinski definition) is 3. The Kier molecular flexibility index (Phi) is 2.95. The first-order valence-electron chi connectivity index (χ1n) is 6.02. The van der Waals surface area contributed by atoms with E-state index in [0.29, 0.717) is 0 Å². The van der Waals surface area contributed by atoms with Gasteiger partial charge in [-0.05, 0) is 42.3 Å². The third kappa shape index (κ3) is 2.44. The van der Waals surface area contributed by atoms with E-state index in [9.17, 15) is 4.79 Å². The van der Waals surface area contributed by atoms with E-state index >= 15 is 0 Å². The molecule has 0 aliphatic carbocycles. The molecule has 3 rings (SSSR count). The van der Waals surface area contributed by atoms with Gasteiger partial charge in [-0.2, -0.15) is 0 Å². The van der Waals surface area contributed by atoms with Crippen LogP contribution in [0.15, 0.2) is 46.2 Å². The first-order valence-corrected chi connectivity index (χ1v) is 6.84. The van der Waals surface area contributed by atoms with Crippen molar-refractivity contribution in [3.05, 3.63) is 47.5 Å². The van der Waals surface area contributed by atoms with E-state index in [2.05, 4.69) is 30.4 Å². The highest BCUT2D eigenvalue weighted by Crippen LogP contribution is 2.44. The SMILES string of the molecule is Cc1ccc2c(c1)Sc1ccc(CC(=O)O)cc1N2. The quantitative estimate of drug-likeness (QED) is 0.743. The minimum absolute atomic E-state index is 0.0559. The number of aryl methyl sites for hydroxylation is 1. The topological polar surface area (TPSA) is 49.3 Å². The van der Waals surface area contributed by atoms with Crippen LogP contribution in [0.2, 0.25) is 0 Å². The smallest absolute Gasteiger partial charge is 0.307 e. The standard InChI is InChI=1S/C15H13NO2S/c1-9-2-4-11-14(6-9)19-13-5-3-10(8-15(17)18)7-12(13)16-11/h2-7,16H,8H2,1H3,(H,17,18). The van der Waals surface area contributed by atoms with Gasteiger partial charge >= 0.3 is 5.97 Å². The molecule has 0 amide bonds. The Morgan fingerprint density at radius 3 is 2.79 bits per heavy atom. The Bertz CT molecular complexity index is 667. The number of carboxylic acid groups (broad SMARTS) is 1. The minimum Gasteiger partial charge on any atom is -0.481 e. The molecule has 1 heterocycles. The van der Waals surface area contributed by atoms with Crippen LogP contribution >= 0.6 is 11.8 Å². The maximum Gasteiger partial charge on any atom is 0.307 e. The number of hydrogen-bond donors (Lipinski definition) is 2. The third-order valence-electron chi connectivity index (χ3n) is 3.03. The van der Waals surface area contributed by atoms with E-state index in [1.54, 1.807) is 11.8 Å². The fourth-order valence-electron chi connectivity index (χ4n) is 2.13. The molecule has 0 unspecified atom stereocenters. The molecule has 2 aromatic rings. The molecule has 0 spiro atoms. The first kappa shape index (κ1) is 12.1. The molecule has 3 nitrogen and oxygen atoms in total. The summed E-state index contributed by atoms with van der Waals surface area (Å²) in [6, 6.07) is 12.1. The Morgan fingerprint density at radius 1 is 1.16 bits per heavy atom. The summed E-state index contributed by atoms with van der Waals surface area (Å²) in [7, 11) is 0. The number of anilines is 2. The van der Waals surface area contributed by atoms with Crippen LogP contribution in [0.3, 0.4) is 0 Å². The van der Waals surface area contributed by atoms with Crippen LogP contribution in [0.4, 0.5) is 11.4 Å². The van der Waals surface area contributed by atoms with Crippen molar-refractivity contribution in [2.45, 2.75) is 23.1 Å². The molecule has 0 fully saturated rings. The Morgan fingerprint density at radius 2 is 2.00 bits per heavy atom. The molecular weight excluding hydrogens is 258 g/mol. The summed E-state index contributed by atoms with van der Waals surface area (Å²) in [5.74, 6) is -0.806. The molecule has 2 aromatic carbocycles. The molecule has 96 valence electrons. The Hall–Kier alpha value is -1.94.